The number of hydrogen-bond acceptors (Lipinski definition) is 1. The lowest BCUT2D eigenvalue weighted by Crippen LogP contribution is -2.52. The van der Waals surface area contributed by atoms with Crippen LogP contribution in [-0.2, 0) is 0 Å². The van der Waals surface area contributed by atoms with E-state index in [1.807, 2.05) is 0 Å². The van der Waals surface area contributed by atoms with Crippen LogP contribution in [0.4, 0.5) is 0 Å². The first-order valence-corrected chi connectivity index (χ1v) is 9.02. The van der Waals surface area contributed by atoms with Gasteiger partial charge >= 0.3 is 0 Å². The largest absolute Gasteiger partial charge is 0.323 e. The van der Waals surface area contributed by atoms with E-state index >= 15 is 0 Å². The van der Waals surface area contributed by atoms with Gasteiger partial charge in [0.1, 0.15) is 8.24 Å². The van der Waals surface area contributed by atoms with E-state index in [2.05, 4.69) is 39.2 Å². The molecule has 86 valence electrons. The Morgan fingerprint density at radius 1 is 0.714 bits per heavy atom. The Hall–Kier alpha value is 0.177. The average molecular weight is 215 g/mol. The lowest BCUT2D eigenvalue weighted by atomic mass is 10.4. The maximum atomic E-state index is 2.85. The van der Waals surface area contributed by atoms with Gasteiger partial charge in [0.2, 0.25) is 0 Å². The minimum absolute atomic E-state index is 1.06. The summed E-state index contributed by atoms with van der Waals surface area (Å²) in [6, 6.07) is 4.29. The smallest absolute Gasteiger partial charge is 0.127 e. The molecule has 0 unspecified atom stereocenters. The Bertz CT molecular complexity index is 118. The fourth-order valence-electron chi connectivity index (χ4n) is 2.55. The van der Waals surface area contributed by atoms with E-state index in [9.17, 15) is 0 Å². The van der Waals surface area contributed by atoms with Crippen LogP contribution in [0.2, 0.25) is 18.1 Å². The Morgan fingerprint density at radius 3 is 1.29 bits per heavy atom. The van der Waals surface area contributed by atoms with Gasteiger partial charge in [0, 0.05) is 0 Å². The molecule has 0 atom stereocenters. The summed E-state index contributed by atoms with van der Waals surface area (Å²) in [5.41, 5.74) is 0. The third kappa shape index (κ3) is 3.39. The molecule has 0 aliphatic heterocycles. The van der Waals surface area contributed by atoms with Crippen molar-refractivity contribution in [2.45, 2.75) is 65.6 Å². The SMILES string of the molecule is CCCN(CCC)[Si](CC)(CC)CC. The molecule has 0 aromatic heterocycles. The zero-order valence-corrected chi connectivity index (χ0v) is 11.9. The third-order valence-electron chi connectivity index (χ3n) is 3.63. The van der Waals surface area contributed by atoms with E-state index in [4.69, 9.17) is 0 Å². The van der Waals surface area contributed by atoms with Crippen molar-refractivity contribution in [1.29, 1.82) is 0 Å². The molecule has 0 bridgehead atoms. The topological polar surface area (TPSA) is 3.24 Å². The van der Waals surface area contributed by atoms with Gasteiger partial charge in [-0.2, -0.15) is 0 Å². The quantitative estimate of drug-likeness (QED) is 0.551. The molecule has 0 aliphatic carbocycles. The van der Waals surface area contributed by atoms with Gasteiger partial charge in [-0.15, -0.1) is 0 Å². The predicted molar refractivity (Wildman–Crippen MR) is 69.4 cm³/mol. The highest BCUT2D eigenvalue weighted by molar-refractivity contribution is 6.77. The summed E-state index contributed by atoms with van der Waals surface area (Å²) >= 11 is 0. The molecule has 1 nitrogen and oxygen atoms in total. The van der Waals surface area contributed by atoms with Crippen molar-refractivity contribution in [3.05, 3.63) is 0 Å². The summed E-state index contributed by atoms with van der Waals surface area (Å²) in [4.78, 5) is 0. The molecular weight excluding hydrogens is 186 g/mol. The van der Waals surface area contributed by atoms with Crippen molar-refractivity contribution in [3.63, 3.8) is 0 Å². The van der Waals surface area contributed by atoms with E-state index in [-0.39, 0.29) is 0 Å². The van der Waals surface area contributed by atoms with Crippen molar-refractivity contribution in [2.75, 3.05) is 13.1 Å². The minimum atomic E-state index is -1.06. The molecule has 0 aromatic rings. The van der Waals surface area contributed by atoms with E-state index in [1.54, 1.807) is 0 Å². The van der Waals surface area contributed by atoms with Crippen molar-refractivity contribution < 1.29 is 0 Å². The standard InChI is InChI=1S/C12H29NSi/c1-6-11-13(12-7-2)14(8-3,9-4)10-5/h6-12H2,1-5H3. The van der Waals surface area contributed by atoms with Crippen LogP contribution in [0.5, 0.6) is 0 Å². The van der Waals surface area contributed by atoms with E-state index in [0.717, 1.165) is 0 Å². The first-order chi connectivity index (χ1) is 6.70. The molecule has 0 saturated carbocycles. The number of rotatable bonds is 8. The summed E-state index contributed by atoms with van der Waals surface area (Å²) in [6.45, 7) is 14.5. The second-order valence-corrected chi connectivity index (χ2v) is 9.47. The second kappa shape index (κ2) is 7.47. The number of nitrogens with zero attached hydrogens (tertiary/aromatic N) is 1. The van der Waals surface area contributed by atoms with Gasteiger partial charge in [0.05, 0.1) is 0 Å². The number of hydrogen-bond donors (Lipinski definition) is 0. The summed E-state index contributed by atoms with van der Waals surface area (Å²) in [6.07, 6.45) is 2.63. The van der Waals surface area contributed by atoms with Crippen LogP contribution in [0.3, 0.4) is 0 Å². The van der Waals surface area contributed by atoms with Crippen LogP contribution < -0.4 is 0 Å². The van der Waals surface area contributed by atoms with Crippen LogP contribution in [0.25, 0.3) is 0 Å². The van der Waals surface area contributed by atoms with Crippen LogP contribution >= 0.6 is 0 Å². The molecular formula is C12H29NSi. The molecule has 0 fully saturated rings. The summed E-state index contributed by atoms with van der Waals surface area (Å²) in [7, 11) is -1.06. The van der Waals surface area contributed by atoms with Crippen molar-refractivity contribution in [3.8, 4) is 0 Å². The molecule has 0 heterocycles. The van der Waals surface area contributed by atoms with E-state index in [1.165, 1.54) is 44.1 Å². The van der Waals surface area contributed by atoms with Gasteiger partial charge in [0.25, 0.3) is 0 Å². The third-order valence-corrected chi connectivity index (χ3v) is 9.37. The first-order valence-electron chi connectivity index (χ1n) is 6.45. The zero-order chi connectivity index (χ0) is 11.0. The monoisotopic (exact) mass is 215 g/mol. The molecule has 0 amide bonds. The Morgan fingerprint density at radius 2 is 1.07 bits per heavy atom. The maximum absolute atomic E-state index is 2.85. The highest BCUT2D eigenvalue weighted by atomic mass is 28.3. The van der Waals surface area contributed by atoms with Gasteiger partial charge in [-0.25, -0.2) is 0 Å². The normalized spacial score (nSPS) is 12.4. The summed E-state index contributed by atoms with van der Waals surface area (Å²) in [5, 5.41) is 0. The van der Waals surface area contributed by atoms with Crippen molar-refractivity contribution >= 4 is 8.24 Å². The Labute approximate surface area is 92.0 Å². The Balaban J connectivity index is 4.52. The molecule has 2 heteroatoms. The minimum Gasteiger partial charge on any atom is -0.323 e. The zero-order valence-electron chi connectivity index (χ0n) is 10.9. The fourth-order valence-corrected chi connectivity index (χ4v) is 6.78. The summed E-state index contributed by atoms with van der Waals surface area (Å²) < 4.78 is 2.85. The maximum Gasteiger partial charge on any atom is 0.127 e. The van der Waals surface area contributed by atoms with Crippen LogP contribution in [0.15, 0.2) is 0 Å². The summed E-state index contributed by atoms with van der Waals surface area (Å²) in [5.74, 6) is 0. The molecule has 14 heavy (non-hydrogen) atoms. The van der Waals surface area contributed by atoms with Crippen molar-refractivity contribution in [2.24, 2.45) is 0 Å². The highest BCUT2D eigenvalue weighted by Gasteiger charge is 2.32. The van der Waals surface area contributed by atoms with Crippen LogP contribution in [0, 0.1) is 0 Å². The Kier molecular flexibility index (Phi) is 7.56. The average Bonchev–Trinajstić information content (AvgIpc) is 2.22. The van der Waals surface area contributed by atoms with Gasteiger partial charge in [0.15, 0.2) is 0 Å². The molecule has 0 N–H and O–H groups in total. The molecule has 0 aromatic carbocycles. The van der Waals surface area contributed by atoms with Crippen LogP contribution in [0.1, 0.15) is 47.5 Å². The van der Waals surface area contributed by atoms with Gasteiger partial charge in [-0.3, -0.25) is 0 Å². The lowest BCUT2D eigenvalue weighted by molar-refractivity contribution is 0.410. The highest BCUT2D eigenvalue weighted by Crippen LogP contribution is 2.25. The molecule has 0 aliphatic rings. The molecule has 0 rings (SSSR count). The molecule has 0 spiro atoms. The van der Waals surface area contributed by atoms with Gasteiger partial charge in [-0.1, -0.05) is 34.6 Å². The van der Waals surface area contributed by atoms with E-state index < -0.39 is 8.24 Å². The predicted octanol–water partition coefficient (Wildman–Crippen LogP) is 4.11. The fraction of sp³-hybridized carbons (Fsp3) is 1.00. The van der Waals surface area contributed by atoms with Crippen LogP contribution in [-0.4, -0.2) is 25.9 Å². The molecule has 0 saturated heterocycles. The second-order valence-electron chi connectivity index (χ2n) is 4.27. The van der Waals surface area contributed by atoms with Crippen molar-refractivity contribution in [1.82, 2.24) is 4.57 Å². The molecule has 0 radical (unpaired) electrons. The lowest BCUT2D eigenvalue weighted by Gasteiger charge is -2.41. The first kappa shape index (κ1) is 14.2. The van der Waals surface area contributed by atoms with Gasteiger partial charge < -0.3 is 4.57 Å². The van der Waals surface area contributed by atoms with E-state index in [0.29, 0.717) is 0 Å². The van der Waals surface area contributed by atoms with Gasteiger partial charge in [-0.05, 0) is 44.1 Å².